The fourth-order valence-electron chi connectivity index (χ4n) is 5.46. The molecule has 0 bridgehead atoms. The summed E-state index contributed by atoms with van der Waals surface area (Å²) in [5.41, 5.74) is 4.32. The van der Waals surface area contributed by atoms with Gasteiger partial charge in [0, 0.05) is 61.9 Å². The molecular weight excluding hydrogens is 526 g/mol. The molecule has 0 unspecified atom stereocenters. The smallest absolute Gasteiger partial charge is 0.257 e. The van der Waals surface area contributed by atoms with Crippen molar-refractivity contribution in [2.75, 3.05) is 29.9 Å². The highest BCUT2D eigenvalue weighted by Gasteiger charge is 2.23. The summed E-state index contributed by atoms with van der Waals surface area (Å²) in [7, 11) is 1.89. The van der Waals surface area contributed by atoms with E-state index in [2.05, 4.69) is 32.5 Å². The third kappa shape index (κ3) is 5.10. The van der Waals surface area contributed by atoms with E-state index in [9.17, 15) is 4.79 Å². The number of para-hydroxylation sites is 1. The molecule has 6 rings (SSSR count). The maximum Gasteiger partial charge on any atom is 0.257 e. The van der Waals surface area contributed by atoms with Crippen LogP contribution in [-0.4, -0.2) is 50.7 Å². The van der Waals surface area contributed by atoms with Crippen LogP contribution in [0.4, 0.5) is 11.4 Å². The minimum absolute atomic E-state index is 0.249. The van der Waals surface area contributed by atoms with Crippen LogP contribution in [0, 0.1) is 6.92 Å². The van der Waals surface area contributed by atoms with E-state index < -0.39 is 0 Å². The number of amides is 1. The maximum absolute atomic E-state index is 13.6. The van der Waals surface area contributed by atoms with Crippen LogP contribution in [-0.2, 0) is 7.05 Å². The van der Waals surface area contributed by atoms with Gasteiger partial charge in [0.25, 0.3) is 5.91 Å². The van der Waals surface area contributed by atoms with E-state index in [-0.39, 0.29) is 5.91 Å². The average Bonchev–Trinajstić information content (AvgIpc) is 3.51. The van der Waals surface area contributed by atoms with E-state index in [1.165, 1.54) is 0 Å². The average molecular weight is 558 g/mol. The minimum Gasteiger partial charge on any atom is -0.452 e. The lowest BCUT2D eigenvalue weighted by atomic mass is 10.0. The largest absolute Gasteiger partial charge is 0.452 e. The predicted octanol–water partition coefficient (Wildman–Crippen LogP) is 5.81. The second-order valence-electron chi connectivity index (χ2n) is 10.2. The van der Waals surface area contributed by atoms with Gasteiger partial charge >= 0.3 is 0 Å². The lowest BCUT2D eigenvalue weighted by Crippen LogP contribution is -2.42. The molecule has 1 saturated heterocycles. The number of carbonyl (C=O) groups excluding carboxylic acids is 1. The fraction of sp³-hybridized carbons (Fsp3) is 0.300. The number of imidazole rings is 1. The Bertz CT molecular complexity index is 1700. The van der Waals surface area contributed by atoms with Gasteiger partial charge in [-0.3, -0.25) is 9.48 Å². The molecule has 0 spiro atoms. The molecule has 3 aromatic heterocycles. The van der Waals surface area contributed by atoms with Crippen LogP contribution in [0.15, 0.2) is 61.1 Å². The van der Waals surface area contributed by atoms with Crippen LogP contribution in [0.3, 0.4) is 0 Å². The van der Waals surface area contributed by atoms with Crippen molar-refractivity contribution in [1.82, 2.24) is 24.5 Å². The molecule has 0 atom stereocenters. The van der Waals surface area contributed by atoms with Crippen molar-refractivity contribution in [3.8, 4) is 11.5 Å². The van der Waals surface area contributed by atoms with Crippen molar-refractivity contribution < 1.29 is 9.53 Å². The van der Waals surface area contributed by atoms with Crippen LogP contribution < -0.4 is 20.3 Å². The highest BCUT2D eigenvalue weighted by Crippen LogP contribution is 2.34. The zero-order valence-corrected chi connectivity index (χ0v) is 23.6. The summed E-state index contributed by atoms with van der Waals surface area (Å²) in [5, 5.41) is 12.7. The molecule has 0 saturated carbocycles. The van der Waals surface area contributed by atoms with Crippen LogP contribution in [0.2, 0.25) is 5.02 Å². The zero-order valence-electron chi connectivity index (χ0n) is 22.8. The van der Waals surface area contributed by atoms with Crippen LogP contribution >= 0.6 is 11.6 Å². The third-order valence-corrected chi connectivity index (χ3v) is 7.61. The Balaban J connectivity index is 1.30. The van der Waals surface area contributed by atoms with Crippen LogP contribution in [0.25, 0.3) is 16.6 Å². The molecule has 4 heterocycles. The van der Waals surface area contributed by atoms with E-state index >= 15 is 0 Å². The summed E-state index contributed by atoms with van der Waals surface area (Å²) in [6.45, 7) is 6.98. The number of aromatic nitrogens is 4. The number of halogens is 1. The highest BCUT2D eigenvalue weighted by atomic mass is 35.5. The van der Waals surface area contributed by atoms with Crippen molar-refractivity contribution in [3.05, 3.63) is 77.3 Å². The van der Waals surface area contributed by atoms with Gasteiger partial charge < -0.3 is 24.7 Å². The number of fused-ring (bicyclic) bond motifs is 2. The first-order chi connectivity index (χ1) is 19.4. The highest BCUT2D eigenvalue weighted by molar-refractivity contribution is 6.32. The molecule has 40 heavy (non-hydrogen) atoms. The monoisotopic (exact) mass is 557 g/mol. The quantitative estimate of drug-likeness (QED) is 0.263. The molecule has 9 nitrogen and oxygen atoms in total. The third-order valence-electron chi connectivity index (χ3n) is 7.29. The SMILES string of the molecule is CCNC1CCN(c2ccc(C(=O)Nc3cc(Oc4ccccc4Cl)c4nc(C)cn4c3)c3nn(C)cc23)CC1. The standard InChI is InChI=1S/C30H32ClN7O2/c1-4-32-20-11-13-37(14-12-20)25-10-9-22(28-23(25)18-36(3)35-28)30(39)34-21-15-27(29-33-19(2)16-38(29)17-21)40-26-8-6-5-7-24(26)31/h5-10,15-18,20,32H,4,11-14H2,1-3H3,(H,34,39). The Labute approximate surface area is 237 Å². The molecule has 0 radical (unpaired) electrons. The van der Waals surface area contributed by atoms with Gasteiger partial charge in [-0.2, -0.15) is 5.10 Å². The van der Waals surface area contributed by atoms with Gasteiger partial charge in [-0.05, 0) is 50.6 Å². The summed E-state index contributed by atoms with van der Waals surface area (Å²) in [5.74, 6) is 0.745. The Kier molecular flexibility index (Phi) is 7.08. The second kappa shape index (κ2) is 10.8. The Hall–Kier alpha value is -4.08. The number of rotatable bonds is 7. The molecule has 0 aliphatic carbocycles. The van der Waals surface area contributed by atoms with E-state index in [1.807, 2.05) is 61.2 Å². The van der Waals surface area contributed by atoms with Crippen molar-refractivity contribution in [3.63, 3.8) is 0 Å². The molecule has 1 aliphatic rings. The topological polar surface area (TPSA) is 88.7 Å². The number of carbonyl (C=O) groups is 1. The van der Waals surface area contributed by atoms with Gasteiger partial charge in [0.05, 0.1) is 22.0 Å². The fourth-order valence-corrected chi connectivity index (χ4v) is 5.63. The Morgan fingerprint density at radius 2 is 1.90 bits per heavy atom. The van der Waals surface area contributed by atoms with Gasteiger partial charge in [-0.25, -0.2) is 4.98 Å². The maximum atomic E-state index is 13.6. The number of hydrogen-bond acceptors (Lipinski definition) is 6. The molecule has 2 N–H and O–H groups in total. The summed E-state index contributed by atoms with van der Waals surface area (Å²) >= 11 is 6.34. The number of ether oxygens (including phenoxy) is 1. The number of hydrogen-bond donors (Lipinski definition) is 2. The van der Waals surface area contributed by atoms with Gasteiger partial charge in [-0.1, -0.05) is 30.7 Å². The molecule has 1 amide bonds. The van der Waals surface area contributed by atoms with Crippen LogP contribution in [0.1, 0.15) is 35.8 Å². The predicted molar refractivity (Wildman–Crippen MR) is 159 cm³/mol. The van der Waals surface area contributed by atoms with Gasteiger partial charge in [0.15, 0.2) is 11.4 Å². The number of benzene rings is 2. The first-order valence-corrected chi connectivity index (χ1v) is 13.9. The first kappa shape index (κ1) is 26.2. The molecule has 1 fully saturated rings. The van der Waals surface area contributed by atoms with Gasteiger partial charge in [0.2, 0.25) is 0 Å². The summed E-state index contributed by atoms with van der Waals surface area (Å²) < 4.78 is 9.76. The molecule has 10 heteroatoms. The first-order valence-electron chi connectivity index (χ1n) is 13.6. The Morgan fingerprint density at radius 1 is 1.10 bits per heavy atom. The molecule has 5 aromatic rings. The van der Waals surface area contributed by atoms with Crippen molar-refractivity contribution in [1.29, 1.82) is 0 Å². The van der Waals surface area contributed by atoms with E-state index in [1.54, 1.807) is 22.9 Å². The number of anilines is 2. The van der Waals surface area contributed by atoms with Gasteiger partial charge in [-0.15, -0.1) is 0 Å². The van der Waals surface area contributed by atoms with Crippen LogP contribution in [0.5, 0.6) is 11.5 Å². The lowest BCUT2D eigenvalue weighted by Gasteiger charge is -2.34. The normalized spacial score (nSPS) is 14.2. The van der Waals surface area contributed by atoms with Crippen molar-refractivity contribution in [2.24, 2.45) is 7.05 Å². The number of aryl methyl sites for hydroxylation is 2. The second-order valence-corrected chi connectivity index (χ2v) is 10.6. The number of piperidine rings is 1. The summed E-state index contributed by atoms with van der Waals surface area (Å²) in [6.07, 6.45) is 7.88. The lowest BCUT2D eigenvalue weighted by molar-refractivity contribution is 0.102. The minimum atomic E-state index is -0.249. The molecular formula is C30H32ClN7O2. The summed E-state index contributed by atoms with van der Waals surface area (Å²) in [6, 6.07) is 13.5. The molecule has 1 aliphatic heterocycles. The molecule has 206 valence electrons. The van der Waals surface area contributed by atoms with Gasteiger partial charge in [0.1, 0.15) is 11.3 Å². The number of nitrogens with one attached hydrogen (secondary N) is 2. The summed E-state index contributed by atoms with van der Waals surface area (Å²) in [4.78, 5) is 20.6. The van der Waals surface area contributed by atoms with Crippen molar-refractivity contribution >= 4 is 45.4 Å². The van der Waals surface area contributed by atoms with E-state index in [0.717, 1.165) is 49.2 Å². The van der Waals surface area contributed by atoms with E-state index in [4.69, 9.17) is 16.3 Å². The van der Waals surface area contributed by atoms with Crippen molar-refractivity contribution in [2.45, 2.75) is 32.7 Å². The number of pyridine rings is 1. The Morgan fingerprint density at radius 3 is 2.67 bits per heavy atom. The zero-order chi connectivity index (χ0) is 27.8. The molecule has 2 aromatic carbocycles. The number of nitrogens with zero attached hydrogens (tertiary/aromatic N) is 5. The van der Waals surface area contributed by atoms with E-state index in [0.29, 0.717) is 45.0 Å².